The van der Waals surface area contributed by atoms with E-state index < -0.39 is 0 Å². The van der Waals surface area contributed by atoms with E-state index in [1.165, 1.54) is 21.6 Å². The zero-order chi connectivity index (χ0) is 15.9. The number of hydrogen-bond donors (Lipinski definition) is 1. The molecular formula is C18H14N4S2. The number of aromatic nitrogens is 2. The molecule has 0 aliphatic carbocycles. The van der Waals surface area contributed by atoms with Crippen molar-refractivity contribution in [2.75, 3.05) is 5.32 Å². The second-order valence-corrected chi connectivity index (χ2v) is 7.70. The number of thiazole rings is 1. The van der Waals surface area contributed by atoms with Crippen molar-refractivity contribution >= 4 is 49.9 Å². The third kappa shape index (κ3) is 2.39. The van der Waals surface area contributed by atoms with Crippen LogP contribution in [-0.4, -0.2) is 14.6 Å². The molecule has 4 aromatic rings. The van der Waals surface area contributed by atoms with Crippen molar-refractivity contribution in [3.05, 3.63) is 65.2 Å². The van der Waals surface area contributed by atoms with Gasteiger partial charge in [-0.2, -0.15) is 0 Å². The normalized spacial score (nSPS) is 13.8. The van der Waals surface area contributed by atoms with E-state index in [0.29, 0.717) is 0 Å². The summed E-state index contributed by atoms with van der Waals surface area (Å²) in [6.07, 6.45) is 2.19. The van der Waals surface area contributed by atoms with Gasteiger partial charge in [-0.05, 0) is 23.8 Å². The van der Waals surface area contributed by atoms with Crippen LogP contribution in [0.2, 0.25) is 0 Å². The highest BCUT2D eigenvalue weighted by molar-refractivity contribution is 8.13. The summed E-state index contributed by atoms with van der Waals surface area (Å²) < 4.78 is 2.18. The van der Waals surface area contributed by atoms with E-state index in [0.717, 1.165) is 27.9 Å². The molecule has 0 saturated heterocycles. The maximum absolute atomic E-state index is 4.69. The molecule has 0 fully saturated rings. The molecule has 1 aliphatic rings. The minimum atomic E-state index is 0.754. The monoisotopic (exact) mass is 350 g/mol. The molecule has 0 spiro atoms. The zero-order valence-corrected chi connectivity index (χ0v) is 14.4. The number of benzene rings is 2. The van der Waals surface area contributed by atoms with E-state index in [1.807, 2.05) is 6.07 Å². The number of hydrogen-bond acceptors (Lipinski definition) is 5. The van der Waals surface area contributed by atoms with Crippen molar-refractivity contribution in [3.63, 3.8) is 0 Å². The Bertz CT molecular complexity index is 1080. The fraction of sp³-hybridized carbons (Fsp3) is 0.111. The number of thioether (sulfide) groups is 1. The molecule has 4 nitrogen and oxygen atoms in total. The lowest BCUT2D eigenvalue weighted by atomic mass is 10.1. The van der Waals surface area contributed by atoms with Crippen LogP contribution in [0, 0.1) is 0 Å². The smallest absolute Gasteiger partial charge is 0.194 e. The predicted octanol–water partition coefficient (Wildman–Crippen LogP) is 4.76. The summed E-state index contributed by atoms with van der Waals surface area (Å²) in [4.78, 5) is 11.7. The second-order valence-electron chi connectivity index (χ2n) is 5.64. The number of para-hydroxylation sites is 3. The molecule has 1 aliphatic heterocycles. The van der Waals surface area contributed by atoms with Gasteiger partial charge in [0.25, 0.3) is 0 Å². The molecule has 2 aromatic heterocycles. The quantitative estimate of drug-likeness (QED) is 0.566. The number of fused-ring (bicyclic) bond motifs is 4. The summed E-state index contributed by atoms with van der Waals surface area (Å²) in [7, 11) is 0. The highest BCUT2D eigenvalue weighted by atomic mass is 32.2. The molecule has 3 heterocycles. The van der Waals surface area contributed by atoms with Crippen molar-refractivity contribution in [2.45, 2.75) is 12.3 Å². The van der Waals surface area contributed by atoms with E-state index in [4.69, 9.17) is 0 Å². The van der Waals surface area contributed by atoms with Gasteiger partial charge in [0.15, 0.2) is 10.1 Å². The van der Waals surface area contributed by atoms with Crippen molar-refractivity contribution in [2.24, 2.45) is 4.99 Å². The number of amidine groups is 1. The number of nitrogens with one attached hydrogen (secondary N) is 1. The maximum atomic E-state index is 4.69. The van der Waals surface area contributed by atoms with Crippen molar-refractivity contribution in [1.29, 1.82) is 0 Å². The minimum absolute atomic E-state index is 0.754. The van der Waals surface area contributed by atoms with Gasteiger partial charge in [-0.25, -0.2) is 4.98 Å². The number of aliphatic imine (C=N–C) groups is 1. The molecule has 0 bridgehead atoms. The molecule has 5 rings (SSSR count). The average Bonchev–Trinajstić information content (AvgIpc) is 3.17. The Labute approximate surface area is 147 Å². The van der Waals surface area contributed by atoms with Crippen LogP contribution in [0.4, 0.5) is 5.69 Å². The average molecular weight is 350 g/mol. The van der Waals surface area contributed by atoms with E-state index in [-0.39, 0.29) is 0 Å². The van der Waals surface area contributed by atoms with Crippen LogP contribution in [0.3, 0.4) is 0 Å². The fourth-order valence-corrected chi connectivity index (χ4v) is 4.78. The first-order valence-corrected chi connectivity index (χ1v) is 9.55. The summed E-state index contributed by atoms with van der Waals surface area (Å²) in [5, 5.41) is 4.41. The van der Waals surface area contributed by atoms with Gasteiger partial charge in [-0.1, -0.05) is 42.1 Å². The molecular weight excluding hydrogens is 336 g/mol. The Morgan fingerprint density at radius 2 is 2.00 bits per heavy atom. The molecule has 0 amide bonds. The second kappa shape index (κ2) is 5.65. The summed E-state index contributed by atoms with van der Waals surface area (Å²) >= 11 is 3.49. The van der Waals surface area contributed by atoms with Gasteiger partial charge in [-0.15, -0.1) is 11.3 Å². The Balaban J connectivity index is 1.35. The van der Waals surface area contributed by atoms with Crippen LogP contribution in [-0.2, 0) is 12.3 Å². The Morgan fingerprint density at radius 1 is 1.12 bits per heavy atom. The Kier molecular flexibility index (Phi) is 3.31. The maximum Gasteiger partial charge on any atom is 0.194 e. The Morgan fingerprint density at radius 3 is 3.00 bits per heavy atom. The first-order valence-electron chi connectivity index (χ1n) is 7.74. The predicted molar refractivity (Wildman–Crippen MR) is 103 cm³/mol. The number of imidazole rings is 1. The van der Waals surface area contributed by atoms with Crippen LogP contribution in [0.1, 0.15) is 10.4 Å². The lowest BCUT2D eigenvalue weighted by Crippen LogP contribution is -2.14. The van der Waals surface area contributed by atoms with Gasteiger partial charge in [0.1, 0.15) is 0 Å². The summed E-state index contributed by atoms with van der Waals surface area (Å²) in [6.45, 7) is 0.754. The summed E-state index contributed by atoms with van der Waals surface area (Å²) in [6, 6.07) is 16.6. The third-order valence-corrected chi connectivity index (χ3v) is 6.19. The van der Waals surface area contributed by atoms with Crippen molar-refractivity contribution in [1.82, 2.24) is 9.38 Å². The van der Waals surface area contributed by atoms with E-state index in [9.17, 15) is 0 Å². The fourth-order valence-electron chi connectivity index (χ4n) is 2.89. The van der Waals surface area contributed by atoms with E-state index in [2.05, 4.69) is 68.4 Å². The molecule has 0 saturated carbocycles. The lowest BCUT2D eigenvalue weighted by molar-refractivity contribution is 1.06. The Hall–Kier alpha value is -2.31. The van der Waals surface area contributed by atoms with Crippen LogP contribution >= 0.6 is 23.1 Å². The van der Waals surface area contributed by atoms with Crippen molar-refractivity contribution in [3.8, 4) is 0 Å². The molecule has 118 valence electrons. The topological polar surface area (TPSA) is 41.7 Å². The standard InChI is InChI=1S/C18H14N4S2/c1-2-6-14-12(5-1)9-19-17(20-14)23-11-13-10-22-16-8-4-3-7-15(16)21-18(22)24-13/h1-8,10H,9,11H2,(H,19,20). The molecule has 0 atom stereocenters. The third-order valence-electron chi connectivity index (χ3n) is 4.06. The van der Waals surface area contributed by atoms with Gasteiger partial charge in [0, 0.05) is 22.5 Å². The SMILES string of the molecule is c1ccc2c(c1)CN=C(SCc1cn3c(nc4ccccc43)s1)N2. The number of rotatable bonds is 2. The van der Waals surface area contributed by atoms with Gasteiger partial charge in [-0.3, -0.25) is 9.39 Å². The van der Waals surface area contributed by atoms with Crippen LogP contribution in [0.25, 0.3) is 16.0 Å². The molecule has 0 unspecified atom stereocenters. The van der Waals surface area contributed by atoms with E-state index in [1.54, 1.807) is 23.1 Å². The molecule has 1 N–H and O–H groups in total. The number of nitrogens with zero attached hydrogens (tertiary/aromatic N) is 3. The van der Waals surface area contributed by atoms with Crippen molar-refractivity contribution < 1.29 is 0 Å². The summed E-state index contributed by atoms with van der Waals surface area (Å²) in [5.74, 6) is 0.899. The van der Waals surface area contributed by atoms with Gasteiger partial charge in [0.05, 0.1) is 17.6 Å². The van der Waals surface area contributed by atoms with Gasteiger partial charge >= 0.3 is 0 Å². The van der Waals surface area contributed by atoms with Gasteiger partial charge < -0.3 is 5.32 Å². The molecule has 6 heteroatoms. The van der Waals surface area contributed by atoms with Gasteiger partial charge in [0.2, 0.25) is 0 Å². The van der Waals surface area contributed by atoms with Crippen LogP contribution < -0.4 is 5.32 Å². The number of anilines is 1. The highest BCUT2D eigenvalue weighted by Gasteiger charge is 2.13. The molecule has 2 aromatic carbocycles. The van der Waals surface area contributed by atoms with Crippen LogP contribution in [0.5, 0.6) is 0 Å². The molecule has 24 heavy (non-hydrogen) atoms. The highest BCUT2D eigenvalue weighted by Crippen LogP contribution is 2.29. The lowest BCUT2D eigenvalue weighted by Gasteiger charge is -2.17. The first-order chi connectivity index (χ1) is 11.9. The first kappa shape index (κ1) is 14.1. The zero-order valence-electron chi connectivity index (χ0n) is 12.8. The minimum Gasteiger partial charge on any atom is -0.335 e. The summed E-state index contributed by atoms with van der Waals surface area (Å²) in [5.41, 5.74) is 4.64. The van der Waals surface area contributed by atoms with Crippen LogP contribution in [0.15, 0.2) is 59.7 Å². The van der Waals surface area contributed by atoms with E-state index >= 15 is 0 Å². The largest absolute Gasteiger partial charge is 0.335 e. The molecule has 0 radical (unpaired) electrons.